The molecule has 1 amide bonds. The number of amides is 1. The number of carbonyl (C=O) groups is 2. The van der Waals surface area contributed by atoms with Crippen molar-refractivity contribution in [1.29, 1.82) is 0 Å². The Morgan fingerprint density at radius 3 is 2.70 bits per heavy atom. The number of hydrogen-bond acceptors (Lipinski definition) is 5. The predicted molar refractivity (Wildman–Crippen MR) is 112 cm³/mol. The minimum absolute atomic E-state index is 0.259. The van der Waals surface area contributed by atoms with Crippen LogP contribution in [0.25, 0.3) is 11.6 Å². The first-order valence-electron chi connectivity index (χ1n) is 9.13. The topological polar surface area (TPSA) is 55.4 Å². The Morgan fingerprint density at radius 2 is 2.00 bits per heavy atom. The fraction of sp³-hybridized carbons (Fsp3) is 0.333. The molecule has 0 radical (unpaired) electrons. The quantitative estimate of drug-likeness (QED) is 0.389. The monoisotopic (exact) mass is 401 g/mol. The Balaban J connectivity index is 1.50. The van der Waals surface area contributed by atoms with E-state index in [1.807, 2.05) is 41.1 Å². The van der Waals surface area contributed by atoms with Gasteiger partial charge in [0, 0.05) is 16.3 Å². The van der Waals surface area contributed by atoms with Crippen LogP contribution in [0.1, 0.15) is 41.9 Å². The van der Waals surface area contributed by atoms with E-state index in [-0.39, 0.29) is 12.5 Å². The first-order valence-corrected chi connectivity index (χ1v) is 10.9. The van der Waals surface area contributed by atoms with Crippen LogP contribution < -0.4 is 5.32 Å². The molecule has 0 aromatic carbocycles. The Labute approximate surface area is 167 Å². The fourth-order valence-electron chi connectivity index (χ4n) is 2.93. The van der Waals surface area contributed by atoms with Gasteiger partial charge >= 0.3 is 5.97 Å². The average molecular weight is 402 g/mol. The van der Waals surface area contributed by atoms with Gasteiger partial charge in [0.25, 0.3) is 5.91 Å². The zero-order chi connectivity index (χ0) is 18.9. The molecule has 3 rings (SSSR count). The second-order valence-electron chi connectivity index (χ2n) is 6.33. The molecular weight excluding hydrogens is 378 g/mol. The molecule has 0 aliphatic heterocycles. The Hall–Kier alpha value is -2.18. The van der Waals surface area contributed by atoms with Crippen LogP contribution in [0.5, 0.6) is 0 Å². The first kappa shape index (κ1) is 19.6. The lowest BCUT2D eigenvalue weighted by molar-refractivity contribution is -0.142. The average Bonchev–Trinajstić information content (AvgIpc) is 3.39. The molecule has 2 aromatic rings. The molecule has 1 aliphatic rings. The zero-order valence-corrected chi connectivity index (χ0v) is 16.7. The number of thiophene rings is 2. The maximum absolute atomic E-state index is 12.5. The van der Waals surface area contributed by atoms with Gasteiger partial charge in [-0.1, -0.05) is 23.8 Å². The standard InChI is InChI=1S/C21H23NO3S2/c23-20(22-11-10-16-6-2-1-3-7-16)15-25-21(24)18(19-9-5-13-27-19)14-17-8-4-12-26-17/h4-6,8-9,12-14H,1-3,7,10-11,15H2,(H,22,23)/b18-14+. The van der Waals surface area contributed by atoms with Gasteiger partial charge in [-0.2, -0.15) is 0 Å². The maximum atomic E-state index is 12.5. The van der Waals surface area contributed by atoms with Gasteiger partial charge in [-0.15, -0.1) is 22.7 Å². The molecule has 142 valence electrons. The summed E-state index contributed by atoms with van der Waals surface area (Å²) in [6, 6.07) is 7.65. The largest absolute Gasteiger partial charge is 0.452 e. The first-order chi connectivity index (χ1) is 13.2. The molecule has 0 bridgehead atoms. The second-order valence-corrected chi connectivity index (χ2v) is 8.26. The fourth-order valence-corrected chi connectivity index (χ4v) is 4.32. The van der Waals surface area contributed by atoms with E-state index in [0.29, 0.717) is 12.1 Å². The smallest absolute Gasteiger partial charge is 0.340 e. The number of esters is 1. The molecule has 0 atom stereocenters. The lowest BCUT2D eigenvalue weighted by atomic mass is 9.97. The predicted octanol–water partition coefficient (Wildman–Crippen LogP) is 4.90. The highest BCUT2D eigenvalue weighted by atomic mass is 32.1. The number of ether oxygens (including phenoxy) is 1. The van der Waals surface area contributed by atoms with Crippen molar-refractivity contribution in [2.75, 3.05) is 13.2 Å². The van der Waals surface area contributed by atoms with Crippen molar-refractivity contribution in [3.63, 3.8) is 0 Å². The summed E-state index contributed by atoms with van der Waals surface area (Å²) in [6.45, 7) is 0.329. The van der Waals surface area contributed by atoms with Crippen LogP contribution in [0, 0.1) is 0 Å². The molecule has 6 heteroatoms. The van der Waals surface area contributed by atoms with Crippen molar-refractivity contribution < 1.29 is 14.3 Å². The molecular formula is C21H23NO3S2. The van der Waals surface area contributed by atoms with Gasteiger partial charge in [-0.3, -0.25) is 4.79 Å². The Kier molecular flexibility index (Phi) is 7.42. The minimum Gasteiger partial charge on any atom is -0.452 e. The van der Waals surface area contributed by atoms with Crippen LogP contribution in [0.2, 0.25) is 0 Å². The molecule has 1 aliphatic carbocycles. The van der Waals surface area contributed by atoms with Crippen molar-refractivity contribution in [3.05, 3.63) is 56.4 Å². The number of carbonyl (C=O) groups excluding carboxylic acids is 2. The van der Waals surface area contributed by atoms with Crippen LogP contribution in [-0.4, -0.2) is 25.0 Å². The van der Waals surface area contributed by atoms with Crippen LogP contribution in [0.15, 0.2) is 46.7 Å². The van der Waals surface area contributed by atoms with Crippen molar-refractivity contribution in [1.82, 2.24) is 5.32 Å². The molecule has 0 saturated carbocycles. The summed E-state index contributed by atoms with van der Waals surface area (Å²) in [6.07, 6.45) is 9.73. The lowest BCUT2D eigenvalue weighted by Gasteiger charge is -2.13. The third-order valence-electron chi connectivity index (χ3n) is 4.32. The Bertz CT molecular complexity index is 805. The minimum atomic E-state index is -0.476. The summed E-state index contributed by atoms with van der Waals surface area (Å²) in [5, 5.41) is 6.70. The van der Waals surface area contributed by atoms with E-state index in [1.165, 1.54) is 29.8 Å². The highest BCUT2D eigenvalue weighted by molar-refractivity contribution is 7.12. The van der Waals surface area contributed by atoms with E-state index in [4.69, 9.17) is 4.74 Å². The van der Waals surface area contributed by atoms with Crippen LogP contribution in [-0.2, 0) is 14.3 Å². The highest BCUT2D eigenvalue weighted by Gasteiger charge is 2.16. The molecule has 0 fully saturated rings. The van der Waals surface area contributed by atoms with Gasteiger partial charge in [0.15, 0.2) is 6.61 Å². The number of hydrogen-bond donors (Lipinski definition) is 1. The van der Waals surface area contributed by atoms with E-state index in [0.717, 1.165) is 29.0 Å². The highest BCUT2D eigenvalue weighted by Crippen LogP contribution is 2.25. The molecule has 0 unspecified atom stereocenters. The lowest BCUT2D eigenvalue weighted by Crippen LogP contribution is -2.30. The molecule has 2 heterocycles. The van der Waals surface area contributed by atoms with Crippen molar-refractivity contribution >= 4 is 46.2 Å². The molecule has 4 nitrogen and oxygen atoms in total. The van der Waals surface area contributed by atoms with Gasteiger partial charge in [0.1, 0.15) is 0 Å². The summed E-state index contributed by atoms with van der Waals surface area (Å²) >= 11 is 3.02. The molecule has 2 aromatic heterocycles. The molecule has 27 heavy (non-hydrogen) atoms. The van der Waals surface area contributed by atoms with Gasteiger partial charge in [-0.05, 0) is 61.1 Å². The van der Waals surface area contributed by atoms with Crippen LogP contribution in [0.4, 0.5) is 0 Å². The molecule has 0 saturated heterocycles. The van der Waals surface area contributed by atoms with Crippen LogP contribution >= 0.6 is 22.7 Å². The normalized spacial score (nSPS) is 14.5. The van der Waals surface area contributed by atoms with Gasteiger partial charge in [0.05, 0.1) is 5.57 Å². The van der Waals surface area contributed by atoms with E-state index >= 15 is 0 Å². The van der Waals surface area contributed by atoms with Gasteiger partial charge in [-0.25, -0.2) is 4.79 Å². The van der Waals surface area contributed by atoms with Gasteiger partial charge in [0.2, 0.25) is 0 Å². The molecule has 1 N–H and O–H groups in total. The van der Waals surface area contributed by atoms with Gasteiger partial charge < -0.3 is 10.1 Å². The summed E-state index contributed by atoms with van der Waals surface area (Å²) in [5.74, 6) is -0.739. The number of rotatable bonds is 8. The number of allylic oxidation sites excluding steroid dienone is 1. The number of nitrogens with one attached hydrogen (secondary N) is 1. The summed E-state index contributed by atoms with van der Waals surface area (Å²) < 4.78 is 5.26. The SMILES string of the molecule is O=C(COC(=O)/C(=C/c1cccs1)c1cccs1)NCCC1=CCCCC1. The van der Waals surface area contributed by atoms with E-state index in [2.05, 4.69) is 11.4 Å². The maximum Gasteiger partial charge on any atom is 0.340 e. The van der Waals surface area contributed by atoms with E-state index in [9.17, 15) is 9.59 Å². The van der Waals surface area contributed by atoms with E-state index in [1.54, 1.807) is 11.3 Å². The third kappa shape index (κ3) is 6.19. The third-order valence-corrected chi connectivity index (χ3v) is 6.05. The summed E-state index contributed by atoms with van der Waals surface area (Å²) in [4.78, 5) is 26.3. The van der Waals surface area contributed by atoms with Crippen molar-refractivity contribution in [3.8, 4) is 0 Å². The second kappa shape index (κ2) is 10.2. The summed E-state index contributed by atoms with van der Waals surface area (Å²) in [5.41, 5.74) is 1.89. The van der Waals surface area contributed by atoms with Crippen molar-refractivity contribution in [2.24, 2.45) is 0 Å². The van der Waals surface area contributed by atoms with E-state index < -0.39 is 5.97 Å². The van der Waals surface area contributed by atoms with Crippen molar-refractivity contribution in [2.45, 2.75) is 32.1 Å². The van der Waals surface area contributed by atoms with Crippen LogP contribution in [0.3, 0.4) is 0 Å². The summed E-state index contributed by atoms with van der Waals surface area (Å²) in [7, 11) is 0. The zero-order valence-electron chi connectivity index (χ0n) is 15.1. The molecule has 0 spiro atoms. The Morgan fingerprint density at radius 1 is 1.15 bits per heavy atom.